The summed E-state index contributed by atoms with van der Waals surface area (Å²) in [7, 11) is 0. The van der Waals surface area contributed by atoms with Gasteiger partial charge in [-0.05, 0) is 42.5 Å². The predicted molar refractivity (Wildman–Crippen MR) is 113 cm³/mol. The van der Waals surface area contributed by atoms with Gasteiger partial charge in [-0.15, -0.1) is 0 Å². The number of rotatable bonds is 5. The largest absolute Gasteiger partial charge is 0.331 e. The molecule has 0 saturated heterocycles. The van der Waals surface area contributed by atoms with Crippen molar-refractivity contribution in [3.05, 3.63) is 57.5 Å². The fourth-order valence-corrected chi connectivity index (χ4v) is 2.58. The van der Waals surface area contributed by atoms with E-state index in [1.807, 2.05) is 0 Å². The molecule has 0 radical (unpaired) electrons. The zero-order chi connectivity index (χ0) is 19.8. The normalized spacial score (nSPS) is 10.0. The number of hydrogen-bond acceptors (Lipinski definition) is 3. The first-order valence-corrected chi connectivity index (χ1v) is 9.24. The number of hydrogen-bond donors (Lipinski definition) is 4. The molecule has 0 aliphatic carbocycles. The molecule has 0 fully saturated rings. The Balaban J connectivity index is 1.70. The van der Waals surface area contributed by atoms with E-state index in [4.69, 9.17) is 47.0 Å². The molecular weight excluding hydrogens is 431 g/mol. The Kier molecular flexibility index (Phi) is 8.12. The second kappa shape index (κ2) is 10.3. The second-order valence-corrected chi connectivity index (χ2v) is 6.91. The third-order valence-corrected chi connectivity index (χ3v) is 4.49. The van der Waals surface area contributed by atoms with Gasteiger partial charge in [0.15, 0.2) is 5.11 Å². The first-order valence-electron chi connectivity index (χ1n) is 7.70. The van der Waals surface area contributed by atoms with Crippen LogP contribution in [-0.2, 0) is 9.59 Å². The number of benzene rings is 2. The number of nitrogens with one attached hydrogen (secondary N) is 4. The van der Waals surface area contributed by atoms with Crippen LogP contribution < -0.4 is 21.5 Å². The molecule has 0 bridgehead atoms. The van der Waals surface area contributed by atoms with Gasteiger partial charge in [-0.3, -0.25) is 20.4 Å². The van der Waals surface area contributed by atoms with Gasteiger partial charge in [0, 0.05) is 18.5 Å². The predicted octanol–water partition coefficient (Wildman–Crippen LogP) is 4.38. The number of para-hydroxylation sites is 1. The van der Waals surface area contributed by atoms with Crippen molar-refractivity contribution >= 4 is 75.3 Å². The molecular formula is C17H15Cl3N4O2S. The lowest BCUT2D eigenvalue weighted by Crippen LogP contribution is -2.43. The monoisotopic (exact) mass is 444 g/mol. The Morgan fingerprint density at radius 1 is 0.815 bits per heavy atom. The van der Waals surface area contributed by atoms with Crippen molar-refractivity contribution < 1.29 is 9.59 Å². The van der Waals surface area contributed by atoms with Gasteiger partial charge in [0.2, 0.25) is 11.8 Å². The summed E-state index contributed by atoms with van der Waals surface area (Å²) >= 11 is 22.8. The maximum Gasteiger partial charge on any atom is 0.238 e. The van der Waals surface area contributed by atoms with Crippen molar-refractivity contribution in [2.24, 2.45) is 0 Å². The van der Waals surface area contributed by atoms with Gasteiger partial charge >= 0.3 is 0 Å². The number of hydrazine groups is 1. The molecule has 2 aromatic carbocycles. The quantitative estimate of drug-likeness (QED) is 0.405. The first-order chi connectivity index (χ1) is 12.8. The molecule has 2 amide bonds. The van der Waals surface area contributed by atoms with Gasteiger partial charge < -0.3 is 10.6 Å². The molecule has 6 nitrogen and oxygen atoms in total. The highest BCUT2D eigenvalue weighted by Crippen LogP contribution is 2.25. The molecule has 0 unspecified atom stereocenters. The van der Waals surface area contributed by atoms with Crippen molar-refractivity contribution in [1.29, 1.82) is 0 Å². The van der Waals surface area contributed by atoms with E-state index in [0.717, 1.165) is 0 Å². The highest BCUT2D eigenvalue weighted by Gasteiger charge is 2.09. The van der Waals surface area contributed by atoms with Gasteiger partial charge in [-0.2, -0.15) is 0 Å². The molecule has 0 spiro atoms. The zero-order valence-electron chi connectivity index (χ0n) is 13.8. The van der Waals surface area contributed by atoms with Crippen LogP contribution in [0.25, 0.3) is 0 Å². The van der Waals surface area contributed by atoms with Crippen molar-refractivity contribution in [2.45, 2.75) is 12.8 Å². The van der Waals surface area contributed by atoms with E-state index in [1.165, 1.54) is 0 Å². The van der Waals surface area contributed by atoms with Crippen molar-refractivity contribution in [2.75, 3.05) is 10.6 Å². The third-order valence-electron chi connectivity index (χ3n) is 3.22. The second-order valence-electron chi connectivity index (χ2n) is 5.28. The Morgan fingerprint density at radius 2 is 1.52 bits per heavy atom. The van der Waals surface area contributed by atoms with Crippen LogP contribution in [0.5, 0.6) is 0 Å². The van der Waals surface area contributed by atoms with Crippen LogP contribution in [0.15, 0.2) is 42.5 Å². The van der Waals surface area contributed by atoms with Crippen molar-refractivity contribution in [1.82, 2.24) is 10.9 Å². The molecule has 142 valence electrons. The molecule has 2 rings (SSSR count). The highest BCUT2D eigenvalue weighted by atomic mass is 35.5. The minimum absolute atomic E-state index is 0.00822. The lowest BCUT2D eigenvalue weighted by Gasteiger charge is -2.12. The fraction of sp³-hybridized carbons (Fsp3) is 0.118. The highest BCUT2D eigenvalue weighted by molar-refractivity contribution is 7.80. The molecule has 27 heavy (non-hydrogen) atoms. The van der Waals surface area contributed by atoms with E-state index in [2.05, 4.69) is 21.5 Å². The summed E-state index contributed by atoms with van der Waals surface area (Å²) in [5.41, 5.74) is 6.04. The Bertz CT molecular complexity index is 864. The molecule has 0 aliphatic rings. The molecule has 0 atom stereocenters. The van der Waals surface area contributed by atoms with E-state index in [9.17, 15) is 9.59 Å². The number of amides is 2. The van der Waals surface area contributed by atoms with Gasteiger partial charge in [0.1, 0.15) is 0 Å². The minimum atomic E-state index is -0.400. The summed E-state index contributed by atoms with van der Waals surface area (Å²) < 4.78 is 0. The Morgan fingerprint density at radius 3 is 2.22 bits per heavy atom. The molecule has 4 N–H and O–H groups in total. The average Bonchev–Trinajstić information content (AvgIpc) is 2.63. The van der Waals surface area contributed by atoms with Crippen molar-refractivity contribution in [3.63, 3.8) is 0 Å². The maximum atomic E-state index is 11.9. The van der Waals surface area contributed by atoms with Gasteiger partial charge in [0.25, 0.3) is 0 Å². The van der Waals surface area contributed by atoms with Crippen LogP contribution in [0.4, 0.5) is 11.4 Å². The Hall–Kier alpha value is -2.06. The number of anilines is 2. The molecule has 0 heterocycles. The summed E-state index contributed by atoms with van der Waals surface area (Å²) in [5.74, 6) is -0.725. The molecule has 10 heteroatoms. The summed E-state index contributed by atoms with van der Waals surface area (Å²) in [4.78, 5) is 23.7. The van der Waals surface area contributed by atoms with Crippen LogP contribution in [0, 0.1) is 0 Å². The smallest absolute Gasteiger partial charge is 0.238 e. The molecule has 0 aliphatic heterocycles. The van der Waals surface area contributed by atoms with Crippen molar-refractivity contribution in [3.8, 4) is 0 Å². The number of carbonyl (C=O) groups excluding carboxylic acids is 2. The summed E-state index contributed by atoms with van der Waals surface area (Å²) in [5, 5.41) is 6.85. The van der Waals surface area contributed by atoms with Crippen LogP contribution in [0.2, 0.25) is 15.1 Å². The van der Waals surface area contributed by atoms with Gasteiger partial charge in [-0.1, -0.05) is 46.9 Å². The third kappa shape index (κ3) is 7.22. The van der Waals surface area contributed by atoms with Gasteiger partial charge in [-0.25, -0.2) is 0 Å². The fourth-order valence-electron chi connectivity index (χ4n) is 1.93. The van der Waals surface area contributed by atoms with Gasteiger partial charge in [0.05, 0.1) is 20.8 Å². The molecule has 0 aromatic heterocycles. The summed E-state index contributed by atoms with van der Waals surface area (Å²) in [6.45, 7) is 0. The van der Waals surface area contributed by atoms with E-state index in [0.29, 0.717) is 26.4 Å². The Labute approximate surface area is 176 Å². The first kappa shape index (κ1) is 21.2. The maximum absolute atomic E-state index is 11.9. The van der Waals surface area contributed by atoms with E-state index in [1.54, 1.807) is 42.5 Å². The van der Waals surface area contributed by atoms with E-state index >= 15 is 0 Å². The summed E-state index contributed by atoms with van der Waals surface area (Å²) in [6.07, 6.45) is -0.0373. The van der Waals surface area contributed by atoms with Crippen LogP contribution in [0.3, 0.4) is 0 Å². The number of halogens is 3. The number of thiocarbonyl (C=S) groups is 1. The van der Waals surface area contributed by atoms with Crippen LogP contribution in [-0.4, -0.2) is 16.9 Å². The minimum Gasteiger partial charge on any atom is -0.331 e. The average molecular weight is 446 g/mol. The van der Waals surface area contributed by atoms with E-state index < -0.39 is 5.91 Å². The SMILES string of the molecule is O=C(CCC(=O)Nc1ccccc1Cl)NNC(=S)Nc1ccc(Cl)c(Cl)c1. The van der Waals surface area contributed by atoms with Crippen LogP contribution >= 0.6 is 47.0 Å². The topological polar surface area (TPSA) is 82.3 Å². The zero-order valence-corrected chi connectivity index (χ0v) is 16.9. The lowest BCUT2D eigenvalue weighted by molar-refractivity contribution is -0.124. The molecule has 2 aromatic rings. The summed E-state index contributed by atoms with van der Waals surface area (Å²) in [6, 6.07) is 11.7. The lowest BCUT2D eigenvalue weighted by atomic mass is 10.2. The van der Waals surface area contributed by atoms with Crippen LogP contribution in [0.1, 0.15) is 12.8 Å². The number of carbonyl (C=O) groups is 2. The van der Waals surface area contributed by atoms with E-state index in [-0.39, 0.29) is 23.9 Å². The molecule has 0 saturated carbocycles. The standard InChI is InChI=1S/C17H15Cl3N4O2S/c18-11-6-5-10(9-13(11)20)21-17(27)24-23-16(26)8-7-15(25)22-14-4-2-1-3-12(14)19/h1-6,9H,7-8H2,(H,22,25)(H,23,26)(H2,21,24,27).